The van der Waals surface area contributed by atoms with Gasteiger partial charge in [-0.25, -0.2) is 0 Å². The summed E-state index contributed by atoms with van der Waals surface area (Å²) in [5.74, 6) is 1.31. The van der Waals surface area contributed by atoms with Gasteiger partial charge < -0.3 is 19.3 Å². The van der Waals surface area contributed by atoms with Gasteiger partial charge in [-0.1, -0.05) is 30.3 Å². The molecule has 142 valence electrons. The Morgan fingerprint density at radius 1 is 0.963 bits per heavy atom. The smallest absolute Gasteiger partial charge is 0.246 e. The van der Waals surface area contributed by atoms with Crippen LogP contribution in [-0.4, -0.2) is 50.6 Å². The van der Waals surface area contributed by atoms with E-state index in [0.29, 0.717) is 31.7 Å². The van der Waals surface area contributed by atoms with Crippen molar-refractivity contribution in [3.05, 3.63) is 54.1 Å². The predicted octanol–water partition coefficient (Wildman–Crippen LogP) is 2.51. The van der Waals surface area contributed by atoms with Gasteiger partial charge in [0.2, 0.25) is 11.8 Å². The molecular weight excluding hydrogens is 344 g/mol. The summed E-state index contributed by atoms with van der Waals surface area (Å²) in [6.45, 7) is 1.05. The van der Waals surface area contributed by atoms with Gasteiger partial charge in [0.05, 0.1) is 19.9 Å². The number of benzene rings is 2. The van der Waals surface area contributed by atoms with Gasteiger partial charge in [-0.2, -0.15) is 0 Å². The van der Waals surface area contributed by atoms with Gasteiger partial charge in [0, 0.05) is 19.5 Å². The van der Waals surface area contributed by atoms with Crippen LogP contribution in [0.2, 0.25) is 0 Å². The summed E-state index contributed by atoms with van der Waals surface area (Å²) in [6.07, 6.45) is 0.937. The van der Waals surface area contributed by atoms with Gasteiger partial charge in [0.25, 0.3) is 0 Å². The van der Waals surface area contributed by atoms with Crippen molar-refractivity contribution < 1.29 is 19.1 Å². The molecular formula is C21H24N2O4. The van der Waals surface area contributed by atoms with E-state index in [4.69, 9.17) is 9.47 Å². The van der Waals surface area contributed by atoms with Crippen LogP contribution < -0.4 is 14.4 Å². The molecule has 6 nitrogen and oxygen atoms in total. The lowest BCUT2D eigenvalue weighted by molar-refractivity contribution is -0.136. The summed E-state index contributed by atoms with van der Waals surface area (Å²) in [4.78, 5) is 28.5. The third-order valence-corrected chi connectivity index (χ3v) is 4.75. The second-order valence-corrected chi connectivity index (χ2v) is 6.34. The second kappa shape index (κ2) is 8.58. The summed E-state index contributed by atoms with van der Waals surface area (Å²) in [6, 6.07) is 15.1. The van der Waals surface area contributed by atoms with E-state index in [0.717, 1.165) is 17.0 Å². The third kappa shape index (κ3) is 4.22. The first-order chi connectivity index (χ1) is 13.1. The third-order valence-electron chi connectivity index (χ3n) is 4.75. The van der Waals surface area contributed by atoms with Crippen LogP contribution in [0.3, 0.4) is 0 Å². The molecule has 0 saturated carbocycles. The number of carbonyl (C=O) groups excluding carboxylic acids is 2. The van der Waals surface area contributed by atoms with Crippen LogP contribution in [0.5, 0.6) is 11.5 Å². The van der Waals surface area contributed by atoms with Crippen molar-refractivity contribution in [2.45, 2.75) is 12.8 Å². The minimum Gasteiger partial charge on any atom is -0.496 e. The molecule has 0 atom stereocenters. The molecule has 6 heteroatoms. The Balaban J connectivity index is 1.60. The molecule has 3 rings (SSSR count). The van der Waals surface area contributed by atoms with Crippen molar-refractivity contribution in [3.8, 4) is 11.5 Å². The normalized spacial score (nSPS) is 14.2. The minimum atomic E-state index is -0.101. The number of hydrogen-bond donors (Lipinski definition) is 0. The molecule has 1 saturated heterocycles. The molecule has 0 N–H and O–H groups in total. The Morgan fingerprint density at radius 3 is 2.33 bits per heavy atom. The maximum absolute atomic E-state index is 12.6. The largest absolute Gasteiger partial charge is 0.496 e. The molecule has 1 aliphatic heterocycles. The van der Waals surface area contributed by atoms with E-state index in [-0.39, 0.29) is 18.4 Å². The highest BCUT2D eigenvalue weighted by atomic mass is 16.5. The molecule has 0 radical (unpaired) electrons. The maximum Gasteiger partial charge on any atom is 0.246 e. The molecule has 0 unspecified atom stereocenters. The predicted molar refractivity (Wildman–Crippen MR) is 103 cm³/mol. The fourth-order valence-corrected chi connectivity index (χ4v) is 3.30. The zero-order valence-electron chi connectivity index (χ0n) is 15.7. The van der Waals surface area contributed by atoms with Crippen LogP contribution in [0, 0.1) is 0 Å². The Kier molecular flexibility index (Phi) is 5.96. The van der Waals surface area contributed by atoms with Crippen molar-refractivity contribution in [3.63, 3.8) is 0 Å². The standard InChI is InChI=1S/C21H24N2O4/c1-26-18-9-5-3-7-16(18)11-12-20(24)22-13-14-23(21(25)15-22)17-8-4-6-10-19(17)27-2/h3-10H,11-15H2,1-2H3. The number of ether oxygens (including phenoxy) is 2. The van der Waals surface area contributed by atoms with Gasteiger partial charge in [-0.3, -0.25) is 9.59 Å². The second-order valence-electron chi connectivity index (χ2n) is 6.34. The van der Waals surface area contributed by atoms with E-state index in [2.05, 4.69) is 0 Å². The number of anilines is 1. The molecule has 2 amide bonds. The van der Waals surface area contributed by atoms with E-state index < -0.39 is 0 Å². The van der Waals surface area contributed by atoms with Crippen LogP contribution in [0.15, 0.2) is 48.5 Å². The van der Waals surface area contributed by atoms with E-state index >= 15 is 0 Å². The van der Waals surface area contributed by atoms with E-state index in [1.807, 2.05) is 48.5 Å². The number of hydrogen-bond acceptors (Lipinski definition) is 4. The average molecular weight is 368 g/mol. The van der Waals surface area contributed by atoms with Gasteiger partial charge in [-0.05, 0) is 30.2 Å². The molecule has 0 aliphatic carbocycles. The van der Waals surface area contributed by atoms with E-state index in [1.54, 1.807) is 24.0 Å². The van der Waals surface area contributed by atoms with Crippen molar-refractivity contribution in [1.29, 1.82) is 0 Å². The Morgan fingerprint density at radius 2 is 1.63 bits per heavy atom. The SMILES string of the molecule is COc1ccccc1CCC(=O)N1CCN(c2ccccc2OC)C(=O)C1. The molecule has 0 aromatic heterocycles. The fraction of sp³-hybridized carbons (Fsp3) is 0.333. The molecule has 2 aromatic carbocycles. The fourth-order valence-electron chi connectivity index (χ4n) is 3.30. The Bertz CT molecular complexity index is 821. The summed E-state index contributed by atoms with van der Waals surface area (Å²) < 4.78 is 10.7. The van der Waals surface area contributed by atoms with Gasteiger partial charge in [0.15, 0.2) is 0 Å². The first-order valence-corrected chi connectivity index (χ1v) is 8.97. The van der Waals surface area contributed by atoms with Gasteiger partial charge in [0.1, 0.15) is 18.0 Å². The number of piperazine rings is 1. The van der Waals surface area contributed by atoms with Crippen LogP contribution in [0.4, 0.5) is 5.69 Å². The van der Waals surface area contributed by atoms with Crippen LogP contribution >= 0.6 is 0 Å². The van der Waals surface area contributed by atoms with Crippen molar-refractivity contribution in [2.75, 3.05) is 38.8 Å². The highest BCUT2D eigenvalue weighted by Crippen LogP contribution is 2.29. The number of rotatable bonds is 6. The lowest BCUT2D eigenvalue weighted by Crippen LogP contribution is -2.52. The summed E-state index contributed by atoms with van der Waals surface area (Å²) in [5.41, 5.74) is 1.73. The highest BCUT2D eigenvalue weighted by molar-refractivity contribution is 5.99. The number of para-hydroxylation sites is 3. The van der Waals surface area contributed by atoms with Gasteiger partial charge >= 0.3 is 0 Å². The van der Waals surface area contributed by atoms with Crippen LogP contribution in [0.1, 0.15) is 12.0 Å². The quantitative estimate of drug-likeness (QED) is 0.786. The average Bonchev–Trinajstić information content (AvgIpc) is 2.72. The molecule has 27 heavy (non-hydrogen) atoms. The summed E-state index contributed by atoms with van der Waals surface area (Å²) >= 11 is 0. The first-order valence-electron chi connectivity index (χ1n) is 8.97. The first kappa shape index (κ1) is 18.8. The van der Waals surface area contributed by atoms with Gasteiger partial charge in [-0.15, -0.1) is 0 Å². The zero-order chi connectivity index (χ0) is 19.2. The van der Waals surface area contributed by atoms with E-state index in [9.17, 15) is 9.59 Å². The van der Waals surface area contributed by atoms with E-state index in [1.165, 1.54) is 0 Å². The molecule has 2 aromatic rings. The topological polar surface area (TPSA) is 59.1 Å². The van der Waals surface area contributed by atoms with Crippen molar-refractivity contribution >= 4 is 17.5 Å². The molecule has 0 spiro atoms. The number of aryl methyl sites for hydroxylation is 1. The molecule has 1 heterocycles. The van der Waals surface area contributed by atoms with Crippen LogP contribution in [0.25, 0.3) is 0 Å². The Labute approximate surface area is 159 Å². The highest BCUT2D eigenvalue weighted by Gasteiger charge is 2.29. The minimum absolute atomic E-state index is 0.0195. The summed E-state index contributed by atoms with van der Waals surface area (Å²) in [5, 5.41) is 0. The lowest BCUT2D eigenvalue weighted by atomic mass is 10.1. The lowest BCUT2D eigenvalue weighted by Gasteiger charge is -2.35. The molecule has 1 fully saturated rings. The molecule has 0 bridgehead atoms. The monoisotopic (exact) mass is 368 g/mol. The van der Waals surface area contributed by atoms with Crippen molar-refractivity contribution in [1.82, 2.24) is 4.90 Å². The zero-order valence-corrected chi connectivity index (χ0v) is 15.7. The number of nitrogens with zero attached hydrogens (tertiary/aromatic N) is 2. The molecule has 1 aliphatic rings. The van der Waals surface area contributed by atoms with Crippen LogP contribution in [-0.2, 0) is 16.0 Å². The number of methoxy groups -OCH3 is 2. The maximum atomic E-state index is 12.6. The van der Waals surface area contributed by atoms with Crippen molar-refractivity contribution in [2.24, 2.45) is 0 Å². The Hall–Kier alpha value is -3.02. The summed E-state index contributed by atoms with van der Waals surface area (Å²) in [7, 11) is 3.21. The number of amides is 2. The number of carbonyl (C=O) groups is 2.